The van der Waals surface area contributed by atoms with E-state index in [-0.39, 0.29) is 11.3 Å². The van der Waals surface area contributed by atoms with E-state index in [1.54, 1.807) is 6.33 Å². The molecule has 0 aromatic carbocycles. The Balaban J connectivity index is 1.69. The zero-order valence-electron chi connectivity index (χ0n) is 14.4. The highest BCUT2D eigenvalue weighted by atomic mass is 16.2. The van der Waals surface area contributed by atoms with Crippen molar-refractivity contribution in [2.75, 3.05) is 43.5 Å². The third-order valence-corrected chi connectivity index (χ3v) is 4.91. The number of carbonyl (C=O) groups excluding carboxylic acids is 1. The first kappa shape index (κ1) is 16.0. The lowest BCUT2D eigenvalue weighted by molar-refractivity contribution is -0.130. The van der Waals surface area contributed by atoms with Gasteiger partial charge in [0.2, 0.25) is 5.91 Å². The van der Waals surface area contributed by atoms with E-state index in [0.29, 0.717) is 12.5 Å². The fourth-order valence-electron chi connectivity index (χ4n) is 3.15. The molecule has 1 aliphatic carbocycles. The molecule has 0 spiro atoms. The molecule has 126 valence electrons. The molecule has 23 heavy (non-hydrogen) atoms. The van der Waals surface area contributed by atoms with Crippen LogP contribution >= 0.6 is 0 Å². The molecule has 2 fully saturated rings. The third-order valence-electron chi connectivity index (χ3n) is 4.91. The van der Waals surface area contributed by atoms with Crippen molar-refractivity contribution in [3.8, 4) is 0 Å². The molecule has 1 aromatic heterocycles. The second-order valence-electron chi connectivity index (χ2n) is 7.37. The maximum atomic E-state index is 12.6. The topological polar surface area (TPSA) is 61.4 Å². The quantitative estimate of drug-likeness (QED) is 0.895. The smallest absolute Gasteiger partial charge is 0.227 e. The maximum absolute atomic E-state index is 12.6. The third kappa shape index (κ3) is 3.74. The molecule has 1 N–H and O–H groups in total. The minimum atomic E-state index is -0.337. The Morgan fingerprint density at radius 2 is 2.22 bits per heavy atom. The average Bonchev–Trinajstić information content (AvgIpc) is 3.37. The molecule has 2 aliphatic rings. The van der Waals surface area contributed by atoms with E-state index >= 15 is 0 Å². The highest BCUT2D eigenvalue weighted by Gasteiger charge is 2.38. The first-order valence-corrected chi connectivity index (χ1v) is 8.50. The van der Waals surface area contributed by atoms with Gasteiger partial charge in [0.15, 0.2) is 0 Å². The Kier molecular flexibility index (Phi) is 4.41. The second kappa shape index (κ2) is 6.34. The molecule has 0 unspecified atom stereocenters. The molecule has 1 saturated heterocycles. The summed E-state index contributed by atoms with van der Waals surface area (Å²) in [5.74, 6) is 2.70. The van der Waals surface area contributed by atoms with E-state index in [4.69, 9.17) is 0 Å². The molecule has 1 aliphatic heterocycles. The number of rotatable bonds is 5. The Labute approximate surface area is 138 Å². The van der Waals surface area contributed by atoms with Crippen LogP contribution in [0.1, 0.15) is 32.6 Å². The van der Waals surface area contributed by atoms with Crippen molar-refractivity contribution in [1.82, 2.24) is 15.3 Å². The van der Waals surface area contributed by atoms with Crippen LogP contribution in [0.4, 0.5) is 11.6 Å². The van der Waals surface area contributed by atoms with E-state index in [0.717, 1.165) is 37.6 Å². The van der Waals surface area contributed by atoms with Gasteiger partial charge in [0.25, 0.3) is 0 Å². The van der Waals surface area contributed by atoms with E-state index in [1.807, 2.05) is 25.1 Å². The van der Waals surface area contributed by atoms with Crippen LogP contribution in [0, 0.1) is 11.3 Å². The van der Waals surface area contributed by atoms with Crippen LogP contribution < -0.4 is 15.1 Å². The van der Waals surface area contributed by atoms with Crippen LogP contribution in [0.3, 0.4) is 0 Å². The Morgan fingerprint density at radius 1 is 1.43 bits per heavy atom. The lowest BCUT2D eigenvalue weighted by Crippen LogP contribution is -2.51. The van der Waals surface area contributed by atoms with Gasteiger partial charge in [0.05, 0.1) is 5.41 Å². The molecule has 3 rings (SSSR count). The summed E-state index contributed by atoms with van der Waals surface area (Å²) in [6.07, 6.45) is 6.07. The molecule has 1 atom stereocenters. The number of hydrogen-bond acceptors (Lipinski definition) is 5. The maximum Gasteiger partial charge on any atom is 0.227 e. The van der Waals surface area contributed by atoms with Gasteiger partial charge in [-0.3, -0.25) is 4.79 Å². The molecule has 6 nitrogen and oxygen atoms in total. The van der Waals surface area contributed by atoms with Gasteiger partial charge in [-0.2, -0.15) is 0 Å². The van der Waals surface area contributed by atoms with Crippen LogP contribution in [0.15, 0.2) is 12.4 Å². The van der Waals surface area contributed by atoms with Gasteiger partial charge in [-0.1, -0.05) is 0 Å². The van der Waals surface area contributed by atoms with Crippen molar-refractivity contribution in [2.24, 2.45) is 11.3 Å². The molecule has 2 heterocycles. The van der Waals surface area contributed by atoms with E-state index < -0.39 is 0 Å². The summed E-state index contributed by atoms with van der Waals surface area (Å²) in [6.45, 7) is 4.57. The summed E-state index contributed by atoms with van der Waals surface area (Å²) in [5.41, 5.74) is -0.337. The van der Waals surface area contributed by atoms with Crippen LogP contribution in [0.25, 0.3) is 0 Å². The highest BCUT2D eigenvalue weighted by Crippen LogP contribution is 2.33. The fraction of sp³-hybridized carbons (Fsp3) is 0.706. The summed E-state index contributed by atoms with van der Waals surface area (Å²) < 4.78 is 0. The van der Waals surface area contributed by atoms with Crippen molar-refractivity contribution in [3.05, 3.63) is 12.4 Å². The minimum absolute atomic E-state index is 0.191. The minimum Gasteiger partial charge on any atom is -0.363 e. The molecule has 1 aromatic rings. The number of carbonyl (C=O) groups is 1. The van der Waals surface area contributed by atoms with Crippen LogP contribution in [-0.4, -0.2) is 49.6 Å². The Bertz CT molecular complexity index is 572. The number of piperidine rings is 1. The van der Waals surface area contributed by atoms with Crippen LogP contribution in [0.5, 0.6) is 0 Å². The van der Waals surface area contributed by atoms with Crippen molar-refractivity contribution < 1.29 is 4.79 Å². The lowest BCUT2D eigenvalue weighted by atomic mass is 9.81. The van der Waals surface area contributed by atoms with Crippen LogP contribution in [-0.2, 0) is 4.79 Å². The van der Waals surface area contributed by atoms with Crippen molar-refractivity contribution in [3.63, 3.8) is 0 Å². The average molecular weight is 317 g/mol. The van der Waals surface area contributed by atoms with Gasteiger partial charge < -0.3 is 15.1 Å². The standard InChI is InChI=1S/C17H27N5O/c1-17(16(23)18-10-13-5-6-13)7-4-8-22(11-17)15-9-14(21(2)3)19-12-20-15/h9,12-13H,4-8,10-11H2,1-3H3,(H,18,23)/t17-/m0/s1. The van der Waals surface area contributed by atoms with Crippen LogP contribution in [0.2, 0.25) is 0 Å². The van der Waals surface area contributed by atoms with Gasteiger partial charge in [0.1, 0.15) is 18.0 Å². The summed E-state index contributed by atoms with van der Waals surface area (Å²) in [4.78, 5) is 25.5. The van der Waals surface area contributed by atoms with Gasteiger partial charge >= 0.3 is 0 Å². The van der Waals surface area contributed by atoms with Gasteiger partial charge in [0, 0.05) is 39.8 Å². The summed E-state index contributed by atoms with van der Waals surface area (Å²) in [6, 6.07) is 1.99. The molecule has 1 saturated carbocycles. The van der Waals surface area contributed by atoms with Crippen molar-refractivity contribution in [2.45, 2.75) is 32.6 Å². The van der Waals surface area contributed by atoms with E-state index in [1.165, 1.54) is 12.8 Å². The Hall–Kier alpha value is -1.85. The molecular weight excluding hydrogens is 290 g/mol. The number of nitrogens with one attached hydrogen (secondary N) is 1. The van der Waals surface area contributed by atoms with E-state index in [9.17, 15) is 4.79 Å². The predicted molar refractivity (Wildman–Crippen MR) is 91.6 cm³/mol. The van der Waals surface area contributed by atoms with Gasteiger partial charge in [-0.25, -0.2) is 9.97 Å². The predicted octanol–water partition coefficient (Wildman–Crippen LogP) is 1.68. The molecule has 0 bridgehead atoms. The van der Waals surface area contributed by atoms with Crippen molar-refractivity contribution in [1.29, 1.82) is 0 Å². The normalized spacial score (nSPS) is 24.4. The van der Waals surface area contributed by atoms with Gasteiger partial charge in [-0.15, -0.1) is 0 Å². The lowest BCUT2D eigenvalue weighted by Gasteiger charge is -2.40. The Morgan fingerprint density at radius 3 is 2.91 bits per heavy atom. The summed E-state index contributed by atoms with van der Waals surface area (Å²) in [7, 11) is 3.94. The van der Waals surface area contributed by atoms with Crippen molar-refractivity contribution >= 4 is 17.5 Å². The zero-order chi connectivity index (χ0) is 16.4. The SMILES string of the molecule is CN(C)c1cc(N2CCC[C@](C)(C(=O)NCC3CC3)C2)ncn1. The first-order chi connectivity index (χ1) is 11.0. The second-order valence-corrected chi connectivity index (χ2v) is 7.37. The number of aromatic nitrogens is 2. The number of nitrogens with zero attached hydrogens (tertiary/aromatic N) is 4. The summed E-state index contributed by atoms with van der Waals surface area (Å²) in [5, 5.41) is 3.15. The monoisotopic (exact) mass is 317 g/mol. The summed E-state index contributed by atoms with van der Waals surface area (Å²) >= 11 is 0. The number of hydrogen-bond donors (Lipinski definition) is 1. The number of anilines is 2. The molecule has 1 amide bonds. The zero-order valence-corrected chi connectivity index (χ0v) is 14.4. The largest absolute Gasteiger partial charge is 0.363 e. The molecular formula is C17H27N5O. The number of amides is 1. The first-order valence-electron chi connectivity index (χ1n) is 8.50. The molecule has 6 heteroatoms. The van der Waals surface area contributed by atoms with Gasteiger partial charge in [-0.05, 0) is 38.5 Å². The van der Waals surface area contributed by atoms with E-state index in [2.05, 4.69) is 27.1 Å². The molecule has 0 radical (unpaired) electrons. The highest BCUT2D eigenvalue weighted by molar-refractivity contribution is 5.83. The fourth-order valence-corrected chi connectivity index (χ4v) is 3.15.